The molecule has 2 amide bonds. The average molecular weight is 374 g/mol. The van der Waals surface area contributed by atoms with E-state index >= 15 is 0 Å². The number of nitrogens with zero attached hydrogens (tertiary/aromatic N) is 1. The van der Waals surface area contributed by atoms with Crippen molar-refractivity contribution < 1.29 is 14.0 Å². The van der Waals surface area contributed by atoms with Gasteiger partial charge in [0.05, 0.1) is 17.5 Å². The second-order valence-corrected chi connectivity index (χ2v) is 7.35. The zero-order valence-electron chi connectivity index (χ0n) is 13.1. The van der Waals surface area contributed by atoms with E-state index in [0.717, 1.165) is 5.56 Å². The van der Waals surface area contributed by atoms with Crippen molar-refractivity contribution in [1.82, 2.24) is 4.90 Å². The number of anilines is 1. The lowest BCUT2D eigenvalue weighted by molar-refractivity contribution is -0.128. The highest BCUT2D eigenvalue weighted by Gasteiger charge is 2.38. The summed E-state index contributed by atoms with van der Waals surface area (Å²) >= 11 is 6.47. The van der Waals surface area contributed by atoms with Crippen molar-refractivity contribution in [3.63, 3.8) is 0 Å². The van der Waals surface area contributed by atoms with E-state index < -0.39 is 17.0 Å². The van der Waals surface area contributed by atoms with Gasteiger partial charge in [-0.2, -0.15) is 0 Å². The van der Waals surface area contributed by atoms with Gasteiger partial charge in [0.15, 0.2) is 0 Å². The van der Waals surface area contributed by atoms with Gasteiger partial charge in [-0.15, -0.1) is 0 Å². The molecule has 1 heterocycles. The van der Waals surface area contributed by atoms with Crippen molar-refractivity contribution in [3.8, 4) is 0 Å². The molecule has 3 rings (SSSR count). The predicted octanol–water partition coefficient (Wildman–Crippen LogP) is 3.58. The zero-order chi connectivity index (χ0) is 17.8. The van der Waals surface area contributed by atoms with E-state index in [0.29, 0.717) is 10.9 Å². The number of thiocarbonyl (C=S) groups is 1. The number of para-hydroxylation sites is 1. The number of benzene rings is 2. The minimum Gasteiger partial charge on any atom is -0.324 e. The van der Waals surface area contributed by atoms with Crippen molar-refractivity contribution >= 4 is 45.8 Å². The minimum absolute atomic E-state index is 0.0523. The molecule has 25 heavy (non-hydrogen) atoms. The van der Waals surface area contributed by atoms with E-state index in [4.69, 9.17) is 12.2 Å². The Morgan fingerprint density at radius 1 is 1.16 bits per heavy atom. The highest BCUT2D eigenvalue weighted by molar-refractivity contribution is 8.24. The highest BCUT2D eigenvalue weighted by Crippen LogP contribution is 2.31. The molecule has 1 atom stereocenters. The molecule has 0 aliphatic carbocycles. The maximum absolute atomic E-state index is 13.6. The molecule has 0 spiro atoms. The number of hydrogen-bond acceptors (Lipinski definition) is 4. The molecule has 0 aromatic heterocycles. The summed E-state index contributed by atoms with van der Waals surface area (Å²) in [5.74, 6) is -1.12. The van der Waals surface area contributed by atoms with E-state index in [1.165, 1.54) is 28.8 Å². The molecule has 1 unspecified atom stereocenters. The molecule has 2 aromatic rings. The third-order valence-corrected chi connectivity index (χ3v) is 5.29. The van der Waals surface area contributed by atoms with Crippen LogP contribution in [-0.4, -0.2) is 26.3 Å². The van der Waals surface area contributed by atoms with Gasteiger partial charge in [0.2, 0.25) is 11.8 Å². The fraction of sp³-hybridized carbons (Fsp3) is 0.167. The first-order valence-corrected chi connectivity index (χ1v) is 8.93. The largest absolute Gasteiger partial charge is 0.324 e. The highest BCUT2D eigenvalue weighted by atomic mass is 32.2. The van der Waals surface area contributed by atoms with Crippen LogP contribution in [0.25, 0.3) is 0 Å². The molecule has 1 aliphatic heterocycles. The molecular formula is C18H15FN2O2S2. The average Bonchev–Trinajstić information content (AvgIpc) is 2.85. The SMILES string of the molecule is O=C(CC1SC(=S)N(Cc2ccccc2)C1=O)Nc1ccccc1F. The van der Waals surface area contributed by atoms with Crippen molar-refractivity contribution in [2.75, 3.05) is 5.32 Å². The van der Waals surface area contributed by atoms with E-state index in [1.807, 2.05) is 30.3 Å². The Hall–Kier alpha value is -2.25. The van der Waals surface area contributed by atoms with Crippen molar-refractivity contribution in [1.29, 1.82) is 0 Å². The summed E-state index contributed by atoms with van der Waals surface area (Å²) in [7, 11) is 0. The lowest BCUT2D eigenvalue weighted by Gasteiger charge is -2.15. The Kier molecular flexibility index (Phi) is 5.45. The summed E-state index contributed by atoms with van der Waals surface area (Å²) < 4.78 is 14.0. The van der Waals surface area contributed by atoms with Crippen LogP contribution < -0.4 is 5.32 Å². The van der Waals surface area contributed by atoms with Gasteiger partial charge in [-0.25, -0.2) is 4.39 Å². The summed E-state index contributed by atoms with van der Waals surface area (Å²) in [4.78, 5) is 26.2. The van der Waals surface area contributed by atoms with Crippen molar-refractivity contribution in [2.45, 2.75) is 18.2 Å². The summed E-state index contributed by atoms with van der Waals surface area (Å²) in [6.07, 6.45) is -0.0523. The second kappa shape index (κ2) is 7.76. The monoisotopic (exact) mass is 374 g/mol. The van der Waals surface area contributed by atoms with E-state index in [2.05, 4.69) is 5.32 Å². The normalized spacial score (nSPS) is 17.0. The molecule has 4 nitrogen and oxygen atoms in total. The first kappa shape index (κ1) is 17.6. The first-order chi connectivity index (χ1) is 12.0. The summed E-state index contributed by atoms with van der Waals surface area (Å²) in [5, 5.41) is 1.92. The molecule has 1 saturated heterocycles. The van der Waals surface area contributed by atoms with Gasteiger partial charge in [-0.1, -0.05) is 66.4 Å². The van der Waals surface area contributed by atoms with Gasteiger partial charge in [0.1, 0.15) is 10.1 Å². The van der Waals surface area contributed by atoms with Gasteiger partial charge in [-0.05, 0) is 17.7 Å². The van der Waals surface area contributed by atoms with E-state index in [-0.39, 0.29) is 18.0 Å². The Balaban J connectivity index is 1.62. The first-order valence-electron chi connectivity index (χ1n) is 7.65. The van der Waals surface area contributed by atoms with Crippen LogP contribution in [0.2, 0.25) is 0 Å². The van der Waals surface area contributed by atoms with Gasteiger partial charge in [-0.3, -0.25) is 14.5 Å². The van der Waals surface area contributed by atoms with Gasteiger partial charge in [0, 0.05) is 6.42 Å². The number of carbonyl (C=O) groups excluding carboxylic acids is 2. The van der Waals surface area contributed by atoms with Crippen LogP contribution >= 0.6 is 24.0 Å². The molecule has 7 heteroatoms. The second-order valence-electron chi connectivity index (χ2n) is 5.51. The lowest BCUT2D eigenvalue weighted by atomic mass is 10.2. The fourth-order valence-corrected chi connectivity index (χ4v) is 3.96. The molecular weight excluding hydrogens is 359 g/mol. The van der Waals surface area contributed by atoms with Crippen molar-refractivity contribution in [2.24, 2.45) is 0 Å². The van der Waals surface area contributed by atoms with Gasteiger partial charge >= 0.3 is 0 Å². The zero-order valence-corrected chi connectivity index (χ0v) is 14.8. The lowest BCUT2D eigenvalue weighted by Crippen LogP contribution is -2.32. The van der Waals surface area contributed by atoms with Crippen LogP contribution in [0.5, 0.6) is 0 Å². The van der Waals surface area contributed by atoms with Gasteiger partial charge in [0.25, 0.3) is 0 Å². The Labute approximate surface area is 154 Å². The molecule has 1 fully saturated rings. The number of hydrogen-bond donors (Lipinski definition) is 1. The summed E-state index contributed by atoms with van der Waals surface area (Å²) in [6, 6.07) is 15.4. The topological polar surface area (TPSA) is 49.4 Å². The fourth-order valence-electron chi connectivity index (χ4n) is 2.47. The third-order valence-electron chi connectivity index (χ3n) is 3.71. The number of carbonyl (C=O) groups is 2. The number of nitrogens with one attached hydrogen (secondary N) is 1. The number of rotatable bonds is 5. The summed E-state index contributed by atoms with van der Waals surface area (Å²) in [5.41, 5.74) is 1.07. The molecule has 1 N–H and O–H groups in total. The number of amides is 2. The van der Waals surface area contributed by atoms with Crippen LogP contribution in [0.4, 0.5) is 10.1 Å². The number of thioether (sulfide) groups is 1. The van der Waals surface area contributed by atoms with Crippen LogP contribution in [-0.2, 0) is 16.1 Å². The van der Waals surface area contributed by atoms with Crippen LogP contribution in [0, 0.1) is 5.82 Å². The minimum atomic E-state index is -0.581. The van der Waals surface area contributed by atoms with E-state index in [9.17, 15) is 14.0 Å². The van der Waals surface area contributed by atoms with Gasteiger partial charge < -0.3 is 5.32 Å². The third kappa shape index (κ3) is 4.24. The predicted molar refractivity (Wildman–Crippen MR) is 101 cm³/mol. The van der Waals surface area contributed by atoms with Crippen LogP contribution in [0.3, 0.4) is 0 Å². The van der Waals surface area contributed by atoms with E-state index in [1.54, 1.807) is 12.1 Å². The Morgan fingerprint density at radius 3 is 2.56 bits per heavy atom. The maximum Gasteiger partial charge on any atom is 0.242 e. The van der Waals surface area contributed by atoms with Crippen molar-refractivity contribution in [3.05, 3.63) is 66.0 Å². The van der Waals surface area contributed by atoms with Crippen LogP contribution in [0.1, 0.15) is 12.0 Å². The van der Waals surface area contributed by atoms with Crippen LogP contribution in [0.15, 0.2) is 54.6 Å². The molecule has 128 valence electrons. The Morgan fingerprint density at radius 2 is 1.84 bits per heavy atom. The molecule has 2 aromatic carbocycles. The smallest absolute Gasteiger partial charge is 0.242 e. The maximum atomic E-state index is 13.6. The standard InChI is InChI=1S/C18H15FN2O2S2/c19-13-8-4-5-9-14(13)20-16(22)10-15-17(23)21(18(24)25-15)11-12-6-2-1-3-7-12/h1-9,15H,10-11H2,(H,20,22). The quantitative estimate of drug-likeness (QED) is 0.813. The molecule has 0 bridgehead atoms. The molecule has 1 aliphatic rings. The molecule has 0 saturated carbocycles. The molecule has 0 radical (unpaired) electrons. The Bertz CT molecular complexity index is 814. The number of halogens is 1. The summed E-state index contributed by atoms with van der Waals surface area (Å²) in [6.45, 7) is 0.386.